The average Bonchev–Trinajstić information content (AvgIpc) is 2.40. The van der Waals surface area contributed by atoms with E-state index in [1.54, 1.807) is 18.2 Å². The standard InChI is InChI=1S/C10H9FO3/c11-8-5-13-9-2-1-7(4-12)3-10(9)14-6-8/h1-4,8H,5-6H2/t8-/m1/s1. The molecule has 1 aromatic rings. The van der Waals surface area contributed by atoms with Crippen LogP contribution in [-0.4, -0.2) is 25.7 Å². The Labute approximate surface area is 80.4 Å². The van der Waals surface area contributed by atoms with Crippen molar-refractivity contribution in [2.75, 3.05) is 13.2 Å². The molecule has 0 fully saturated rings. The van der Waals surface area contributed by atoms with Crippen molar-refractivity contribution in [2.45, 2.75) is 6.17 Å². The second-order valence-corrected chi connectivity index (χ2v) is 3.04. The number of halogens is 1. The number of benzene rings is 1. The van der Waals surface area contributed by atoms with Crippen molar-refractivity contribution >= 4 is 6.29 Å². The summed E-state index contributed by atoms with van der Waals surface area (Å²) in [6.07, 6.45) is -0.413. The zero-order valence-corrected chi connectivity index (χ0v) is 7.40. The molecule has 0 radical (unpaired) electrons. The lowest BCUT2D eigenvalue weighted by Gasteiger charge is -2.05. The Hall–Kier alpha value is -1.58. The molecule has 0 N–H and O–H groups in total. The molecule has 1 aliphatic heterocycles. The van der Waals surface area contributed by atoms with Crippen LogP contribution < -0.4 is 9.47 Å². The van der Waals surface area contributed by atoms with Gasteiger partial charge in [0.1, 0.15) is 19.5 Å². The first-order valence-corrected chi connectivity index (χ1v) is 4.28. The van der Waals surface area contributed by atoms with Crippen LogP contribution in [0.5, 0.6) is 11.5 Å². The van der Waals surface area contributed by atoms with E-state index in [1.165, 1.54) is 0 Å². The minimum absolute atomic E-state index is 0.00651. The van der Waals surface area contributed by atoms with Crippen LogP contribution in [0, 0.1) is 0 Å². The van der Waals surface area contributed by atoms with Crippen molar-refractivity contribution in [1.82, 2.24) is 0 Å². The summed E-state index contributed by atoms with van der Waals surface area (Å²) in [6, 6.07) is 4.76. The van der Waals surface area contributed by atoms with Crippen LogP contribution in [0.4, 0.5) is 4.39 Å². The normalized spacial score (nSPS) is 19.9. The van der Waals surface area contributed by atoms with Gasteiger partial charge in [-0.05, 0) is 18.2 Å². The Bertz CT molecular complexity index is 351. The Morgan fingerprint density at radius 3 is 2.71 bits per heavy atom. The Morgan fingerprint density at radius 2 is 2.00 bits per heavy atom. The number of carbonyl (C=O) groups is 1. The fourth-order valence-corrected chi connectivity index (χ4v) is 1.24. The largest absolute Gasteiger partial charge is 0.487 e. The number of fused-ring (bicyclic) bond motifs is 1. The van der Waals surface area contributed by atoms with E-state index in [1.807, 2.05) is 0 Å². The molecule has 0 saturated heterocycles. The maximum Gasteiger partial charge on any atom is 0.168 e. The molecular weight excluding hydrogens is 187 g/mol. The molecule has 1 aromatic carbocycles. The number of rotatable bonds is 1. The number of hydrogen-bond acceptors (Lipinski definition) is 3. The highest BCUT2D eigenvalue weighted by molar-refractivity contribution is 5.76. The summed E-state index contributed by atoms with van der Waals surface area (Å²) >= 11 is 0. The predicted octanol–water partition coefficient (Wildman–Crippen LogP) is 1.61. The molecule has 0 bridgehead atoms. The first kappa shape index (κ1) is 8.99. The molecule has 1 atom stereocenters. The first-order chi connectivity index (χ1) is 6.79. The van der Waals surface area contributed by atoms with Gasteiger partial charge in [0.25, 0.3) is 0 Å². The zero-order valence-electron chi connectivity index (χ0n) is 7.40. The Balaban J connectivity index is 2.31. The lowest BCUT2D eigenvalue weighted by molar-refractivity contribution is 0.112. The van der Waals surface area contributed by atoms with Crippen molar-refractivity contribution < 1.29 is 18.7 Å². The van der Waals surface area contributed by atoms with E-state index in [-0.39, 0.29) is 13.2 Å². The molecule has 1 heterocycles. The number of ether oxygens (including phenoxy) is 2. The van der Waals surface area contributed by atoms with Crippen LogP contribution in [0.25, 0.3) is 0 Å². The molecule has 14 heavy (non-hydrogen) atoms. The van der Waals surface area contributed by atoms with E-state index < -0.39 is 6.17 Å². The van der Waals surface area contributed by atoms with Gasteiger partial charge in [0.2, 0.25) is 0 Å². The third-order valence-corrected chi connectivity index (χ3v) is 1.94. The van der Waals surface area contributed by atoms with Gasteiger partial charge in [0, 0.05) is 5.56 Å². The SMILES string of the molecule is O=Cc1ccc2c(c1)OC[C@H](F)CO2. The summed E-state index contributed by atoms with van der Waals surface area (Å²) in [4.78, 5) is 10.5. The fraction of sp³-hybridized carbons (Fsp3) is 0.300. The third kappa shape index (κ3) is 1.69. The maximum absolute atomic E-state index is 12.9. The summed E-state index contributed by atoms with van der Waals surface area (Å²) in [5.41, 5.74) is 0.490. The number of hydrogen-bond donors (Lipinski definition) is 0. The van der Waals surface area contributed by atoms with Crippen molar-refractivity contribution in [3.05, 3.63) is 23.8 Å². The first-order valence-electron chi connectivity index (χ1n) is 4.28. The van der Waals surface area contributed by atoms with Gasteiger partial charge in [-0.1, -0.05) is 0 Å². The summed E-state index contributed by atoms with van der Waals surface area (Å²) in [7, 11) is 0. The molecule has 0 aromatic heterocycles. The summed E-state index contributed by atoms with van der Waals surface area (Å²) in [5, 5.41) is 0. The number of alkyl halides is 1. The molecule has 0 saturated carbocycles. The fourth-order valence-electron chi connectivity index (χ4n) is 1.24. The molecule has 0 spiro atoms. The number of aldehydes is 1. The average molecular weight is 196 g/mol. The lowest BCUT2D eigenvalue weighted by atomic mass is 10.2. The van der Waals surface area contributed by atoms with Gasteiger partial charge in [-0.3, -0.25) is 4.79 Å². The van der Waals surface area contributed by atoms with Crippen LogP contribution >= 0.6 is 0 Å². The van der Waals surface area contributed by atoms with E-state index in [9.17, 15) is 9.18 Å². The van der Waals surface area contributed by atoms with Crippen molar-refractivity contribution in [3.8, 4) is 11.5 Å². The van der Waals surface area contributed by atoms with Gasteiger partial charge >= 0.3 is 0 Å². The van der Waals surface area contributed by atoms with Gasteiger partial charge in [-0.15, -0.1) is 0 Å². The van der Waals surface area contributed by atoms with Crippen LogP contribution in [0.1, 0.15) is 10.4 Å². The molecule has 1 aliphatic rings. The monoisotopic (exact) mass is 196 g/mol. The molecule has 3 nitrogen and oxygen atoms in total. The summed E-state index contributed by atoms with van der Waals surface area (Å²) in [5.74, 6) is 0.908. The van der Waals surface area contributed by atoms with E-state index in [2.05, 4.69) is 0 Å². The van der Waals surface area contributed by atoms with E-state index >= 15 is 0 Å². The zero-order chi connectivity index (χ0) is 9.97. The maximum atomic E-state index is 12.9. The van der Waals surface area contributed by atoms with Crippen molar-refractivity contribution in [3.63, 3.8) is 0 Å². The quantitative estimate of drug-likeness (QED) is 0.640. The van der Waals surface area contributed by atoms with Crippen LogP contribution in [0.2, 0.25) is 0 Å². The van der Waals surface area contributed by atoms with Gasteiger partial charge < -0.3 is 9.47 Å². The highest BCUT2D eigenvalue weighted by atomic mass is 19.1. The molecule has 74 valence electrons. The minimum atomic E-state index is -1.12. The highest BCUT2D eigenvalue weighted by Crippen LogP contribution is 2.30. The molecule has 0 aliphatic carbocycles. The summed E-state index contributed by atoms with van der Waals surface area (Å²) in [6.45, 7) is -0.0389. The molecule has 4 heteroatoms. The second kappa shape index (κ2) is 3.65. The van der Waals surface area contributed by atoms with E-state index in [0.29, 0.717) is 23.3 Å². The minimum Gasteiger partial charge on any atom is -0.487 e. The smallest absolute Gasteiger partial charge is 0.168 e. The van der Waals surface area contributed by atoms with Gasteiger partial charge in [-0.25, -0.2) is 4.39 Å². The predicted molar refractivity (Wildman–Crippen MR) is 47.7 cm³/mol. The second-order valence-electron chi connectivity index (χ2n) is 3.04. The topological polar surface area (TPSA) is 35.5 Å². The van der Waals surface area contributed by atoms with Crippen LogP contribution in [-0.2, 0) is 0 Å². The molecule has 0 unspecified atom stereocenters. The molecule has 2 rings (SSSR count). The van der Waals surface area contributed by atoms with Crippen LogP contribution in [0.3, 0.4) is 0 Å². The van der Waals surface area contributed by atoms with Crippen molar-refractivity contribution in [1.29, 1.82) is 0 Å². The van der Waals surface area contributed by atoms with E-state index in [4.69, 9.17) is 9.47 Å². The van der Waals surface area contributed by atoms with Gasteiger partial charge in [0.15, 0.2) is 17.7 Å². The van der Waals surface area contributed by atoms with Crippen molar-refractivity contribution in [2.24, 2.45) is 0 Å². The van der Waals surface area contributed by atoms with Gasteiger partial charge in [0.05, 0.1) is 0 Å². The third-order valence-electron chi connectivity index (χ3n) is 1.94. The van der Waals surface area contributed by atoms with Crippen LogP contribution in [0.15, 0.2) is 18.2 Å². The molecule has 0 amide bonds. The Kier molecular flexibility index (Phi) is 2.35. The summed E-state index contributed by atoms with van der Waals surface area (Å²) < 4.78 is 23.2. The molecular formula is C10H9FO3. The van der Waals surface area contributed by atoms with Gasteiger partial charge in [-0.2, -0.15) is 0 Å². The Morgan fingerprint density at radius 1 is 1.29 bits per heavy atom. The highest BCUT2D eigenvalue weighted by Gasteiger charge is 2.17. The van der Waals surface area contributed by atoms with E-state index in [0.717, 1.165) is 0 Å². The number of carbonyl (C=O) groups excluding carboxylic acids is 1. The lowest BCUT2D eigenvalue weighted by Crippen LogP contribution is -2.17.